The predicted molar refractivity (Wildman–Crippen MR) is 445 cm³/mol. The number of para-hydroxylation sites is 1. The van der Waals surface area contributed by atoms with E-state index in [2.05, 4.69) is 376 Å². The molecule has 0 bridgehead atoms. The summed E-state index contributed by atoms with van der Waals surface area (Å²) in [7, 11) is 0. The standard InChI is InChI=1S/C104H66N4O2/c1-2-22-69(23-3-1)93-63-94(106-101(105-93)71-50-43-67(44-51-71)75-55-57-91-99(61-75)109-97-39-18-16-37-89(97)103(91)85-33-12-8-28-80(85)81-29-9-13-34-86(81)103)70-48-41-66(42-49-70)74-25-20-26-77(59-74)79-27-6-7-32-84(79)96-64-95(78-54-47-65-21-4-5-24-73(65)60-78)107-102(108-96)72-52-45-68(46-53-72)76-56-58-92-100(62-76)110-98-40-19-17-38-90(98)104(92)87-35-14-10-30-82(87)83-31-11-15-36-88(83)104/h1-39,41-64,98H,40H2. The van der Waals surface area contributed by atoms with Crippen LogP contribution in [0.3, 0.4) is 0 Å². The first-order valence-electron chi connectivity index (χ1n) is 37.8. The zero-order valence-corrected chi connectivity index (χ0v) is 59.8. The summed E-state index contributed by atoms with van der Waals surface area (Å²) in [5, 5.41) is 2.33. The molecule has 22 rings (SSSR count). The number of fused-ring (bicyclic) bond motifs is 19. The average Bonchev–Trinajstić information content (AvgIpc) is 1.50. The molecule has 1 unspecified atom stereocenters. The first-order valence-corrected chi connectivity index (χ1v) is 37.8. The summed E-state index contributed by atoms with van der Waals surface area (Å²) in [6.07, 6.45) is 7.46. The monoisotopic (exact) mass is 1400 g/mol. The molecule has 15 aromatic carbocycles. The number of hydrogen-bond acceptors (Lipinski definition) is 6. The number of allylic oxidation sites excluding steroid dienone is 2. The van der Waals surface area contributed by atoms with Crippen LogP contribution in [0, 0.1) is 0 Å². The molecule has 0 saturated carbocycles. The fourth-order valence-corrected chi connectivity index (χ4v) is 18.4. The van der Waals surface area contributed by atoms with Crippen LogP contribution in [0.2, 0.25) is 0 Å². The molecule has 2 aromatic heterocycles. The van der Waals surface area contributed by atoms with Gasteiger partial charge in [0.05, 0.1) is 33.6 Å². The molecule has 0 fully saturated rings. The van der Waals surface area contributed by atoms with Gasteiger partial charge in [-0.2, -0.15) is 0 Å². The highest BCUT2D eigenvalue weighted by Crippen LogP contribution is 2.64. The largest absolute Gasteiger partial charge is 0.485 e. The summed E-state index contributed by atoms with van der Waals surface area (Å²) in [6, 6.07) is 131. The SMILES string of the molecule is C1=CCC2Oc3cc(-c4ccc(-c5nc(-c6ccc7ccccc7c6)cc(-c6ccccc6-c6cccc(-c7ccc(-c8cc(-c9ccccc9)nc(-c9ccc(-c%10ccc%11c(c%10)Oc%10ccccc%10C%11%10c%11ccccc%11-c%11ccccc%11%10)cc9)n8)cc7)c6)n5)cc4)ccc3C3(C2=C1)c1ccccc1-c1ccccc13. The van der Waals surface area contributed by atoms with Crippen molar-refractivity contribution < 1.29 is 9.47 Å². The molecule has 0 amide bonds. The van der Waals surface area contributed by atoms with E-state index in [1.807, 2.05) is 6.07 Å². The summed E-state index contributed by atoms with van der Waals surface area (Å²) in [5.41, 5.74) is 31.9. The molecule has 3 aliphatic carbocycles. The molecule has 514 valence electrons. The van der Waals surface area contributed by atoms with Crippen LogP contribution < -0.4 is 9.47 Å². The molecule has 17 aromatic rings. The van der Waals surface area contributed by atoms with E-state index in [0.29, 0.717) is 11.6 Å². The van der Waals surface area contributed by atoms with E-state index >= 15 is 0 Å². The number of ether oxygens (including phenoxy) is 2. The highest BCUT2D eigenvalue weighted by atomic mass is 16.5. The third-order valence-corrected chi connectivity index (χ3v) is 23.4. The molecule has 110 heavy (non-hydrogen) atoms. The minimum atomic E-state index is -0.517. The van der Waals surface area contributed by atoms with Crippen molar-refractivity contribution in [3.05, 3.63) is 427 Å². The van der Waals surface area contributed by atoms with Crippen LogP contribution >= 0.6 is 0 Å². The molecule has 6 heteroatoms. The second kappa shape index (κ2) is 25.2. The molecule has 6 nitrogen and oxygen atoms in total. The third kappa shape index (κ3) is 9.96. The van der Waals surface area contributed by atoms with E-state index in [1.54, 1.807) is 0 Å². The minimum Gasteiger partial charge on any atom is -0.485 e. The Morgan fingerprint density at radius 3 is 1.27 bits per heavy atom. The van der Waals surface area contributed by atoms with Gasteiger partial charge in [-0.3, -0.25) is 0 Å². The Hall–Kier alpha value is -14.2. The van der Waals surface area contributed by atoms with Crippen molar-refractivity contribution >= 4 is 10.8 Å². The highest BCUT2D eigenvalue weighted by Gasteiger charge is 2.54. The van der Waals surface area contributed by atoms with E-state index in [4.69, 9.17) is 29.4 Å². The topological polar surface area (TPSA) is 70.0 Å². The van der Waals surface area contributed by atoms with Gasteiger partial charge in [0.15, 0.2) is 11.6 Å². The first-order chi connectivity index (χ1) is 54.5. The summed E-state index contributed by atoms with van der Waals surface area (Å²) in [4.78, 5) is 21.5. The van der Waals surface area contributed by atoms with E-state index < -0.39 is 10.8 Å². The van der Waals surface area contributed by atoms with Crippen molar-refractivity contribution in [2.75, 3.05) is 0 Å². The first kappa shape index (κ1) is 63.1. The quantitative estimate of drug-likeness (QED) is 0.136. The fraction of sp³-hybridized carbons (Fsp3) is 0.0385. The van der Waals surface area contributed by atoms with Crippen LogP contribution in [0.25, 0.3) is 145 Å². The molecule has 1 atom stereocenters. The zero-order chi connectivity index (χ0) is 72.4. The second-order valence-corrected chi connectivity index (χ2v) is 29.3. The van der Waals surface area contributed by atoms with Crippen molar-refractivity contribution in [2.45, 2.75) is 23.4 Å². The molecule has 2 spiro atoms. The number of hydrogen-bond donors (Lipinski definition) is 0. The lowest BCUT2D eigenvalue weighted by Crippen LogP contribution is -2.42. The van der Waals surface area contributed by atoms with E-state index in [1.165, 1.54) is 61.0 Å². The van der Waals surface area contributed by atoms with Crippen LogP contribution in [0.15, 0.2) is 388 Å². The zero-order valence-electron chi connectivity index (χ0n) is 59.8. The summed E-state index contributed by atoms with van der Waals surface area (Å²) in [6.45, 7) is 0. The molecular formula is C104H66N4O2. The van der Waals surface area contributed by atoms with E-state index in [-0.39, 0.29) is 6.10 Å². The van der Waals surface area contributed by atoms with Gasteiger partial charge >= 0.3 is 0 Å². The molecule has 0 N–H and O–H groups in total. The van der Waals surface area contributed by atoms with E-state index in [9.17, 15) is 0 Å². The number of benzene rings is 15. The number of rotatable bonds is 10. The van der Waals surface area contributed by atoms with Gasteiger partial charge in [0.1, 0.15) is 23.4 Å². The second-order valence-electron chi connectivity index (χ2n) is 29.3. The molecular weight excluding hydrogens is 1340 g/mol. The maximum atomic E-state index is 7.06. The number of nitrogens with zero attached hydrogens (tertiary/aromatic N) is 4. The Labute approximate surface area is 638 Å². The predicted octanol–water partition coefficient (Wildman–Crippen LogP) is 25.5. The average molecular weight is 1400 g/mol. The minimum absolute atomic E-state index is 0.0884. The van der Waals surface area contributed by atoms with E-state index in [0.717, 1.165) is 141 Å². The van der Waals surface area contributed by atoms with Gasteiger partial charge < -0.3 is 9.47 Å². The Balaban J connectivity index is 0.573. The van der Waals surface area contributed by atoms with Crippen molar-refractivity contribution in [3.63, 3.8) is 0 Å². The van der Waals surface area contributed by atoms with Crippen LogP contribution in [0.1, 0.15) is 45.4 Å². The van der Waals surface area contributed by atoms with Crippen molar-refractivity contribution in [2.24, 2.45) is 0 Å². The van der Waals surface area contributed by atoms with Gasteiger partial charge in [-0.15, -0.1) is 0 Å². The molecule has 0 radical (unpaired) electrons. The molecule has 0 saturated heterocycles. The highest BCUT2D eigenvalue weighted by molar-refractivity contribution is 5.93. The van der Waals surface area contributed by atoms with Gasteiger partial charge in [-0.1, -0.05) is 340 Å². The Bertz CT molecular complexity index is 6600. The van der Waals surface area contributed by atoms with Crippen molar-refractivity contribution in [1.29, 1.82) is 0 Å². The fourth-order valence-electron chi connectivity index (χ4n) is 18.4. The van der Waals surface area contributed by atoms with Gasteiger partial charge in [0, 0.05) is 56.5 Å². The number of aromatic nitrogens is 4. The third-order valence-electron chi connectivity index (χ3n) is 23.4. The summed E-state index contributed by atoms with van der Waals surface area (Å²) >= 11 is 0. The van der Waals surface area contributed by atoms with Crippen LogP contribution in [0.5, 0.6) is 17.2 Å². The van der Waals surface area contributed by atoms with Crippen LogP contribution in [-0.2, 0) is 10.8 Å². The normalized spacial score (nSPS) is 14.5. The smallest absolute Gasteiger partial charge is 0.160 e. The molecule has 2 aliphatic heterocycles. The van der Waals surface area contributed by atoms with Crippen LogP contribution in [-0.4, -0.2) is 26.0 Å². The van der Waals surface area contributed by atoms with Gasteiger partial charge in [-0.05, 0) is 148 Å². The lowest BCUT2D eigenvalue weighted by molar-refractivity contribution is 0.205. The summed E-state index contributed by atoms with van der Waals surface area (Å²) in [5.74, 6) is 3.93. The Kier molecular flexibility index (Phi) is 14.5. The summed E-state index contributed by atoms with van der Waals surface area (Å²) < 4.78 is 14.0. The maximum absolute atomic E-state index is 7.06. The van der Waals surface area contributed by atoms with Crippen LogP contribution in [0.4, 0.5) is 0 Å². The van der Waals surface area contributed by atoms with Gasteiger partial charge in [-0.25, -0.2) is 19.9 Å². The van der Waals surface area contributed by atoms with Gasteiger partial charge in [0.25, 0.3) is 0 Å². The molecule has 5 aliphatic rings. The molecule has 4 heterocycles. The van der Waals surface area contributed by atoms with Crippen molar-refractivity contribution in [3.8, 4) is 152 Å². The van der Waals surface area contributed by atoms with Gasteiger partial charge in [0.2, 0.25) is 0 Å². The maximum Gasteiger partial charge on any atom is 0.160 e. The van der Waals surface area contributed by atoms with Crippen molar-refractivity contribution in [1.82, 2.24) is 19.9 Å². The Morgan fingerprint density at radius 2 is 0.655 bits per heavy atom. The lowest BCUT2D eigenvalue weighted by atomic mass is 9.63. The lowest BCUT2D eigenvalue weighted by Gasteiger charge is -2.45. The Morgan fingerprint density at radius 1 is 0.245 bits per heavy atom.